The lowest BCUT2D eigenvalue weighted by Crippen LogP contribution is -2.24. The van der Waals surface area contributed by atoms with E-state index in [1.54, 1.807) is 11.3 Å². The summed E-state index contributed by atoms with van der Waals surface area (Å²) in [7, 11) is 0. The molecule has 0 aliphatic heterocycles. The highest BCUT2D eigenvalue weighted by molar-refractivity contribution is 7.09. The maximum absolute atomic E-state index is 12.7. The van der Waals surface area contributed by atoms with E-state index in [-0.39, 0.29) is 11.8 Å². The molecule has 1 heterocycles. The van der Waals surface area contributed by atoms with Gasteiger partial charge in [-0.2, -0.15) is 0 Å². The quantitative estimate of drug-likeness (QED) is 0.478. The summed E-state index contributed by atoms with van der Waals surface area (Å²) in [5.41, 5.74) is 2.24. The zero-order valence-corrected chi connectivity index (χ0v) is 16.5. The maximum atomic E-state index is 12.7. The molecule has 144 valence electrons. The van der Waals surface area contributed by atoms with Crippen molar-refractivity contribution in [1.29, 1.82) is 0 Å². The molecule has 2 N–H and O–H groups in total. The molecule has 4 nitrogen and oxygen atoms in total. The van der Waals surface area contributed by atoms with E-state index >= 15 is 0 Å². The van der Waals surface area contributed by atoms with Gasteiger partial charge in [0.25, 0.3) is 5.91 Å². The Morgan fingerprint density at radius 1 is 0.828 bits per heavy atom. The Balaban J connectivity index is 1.37. The average Bonchev–Trinajstić information content (AvgIpc) is 3.27. The summed E-state index contributed by atoms with van der Waals surface area (Å²) < 4.78 is 0. The summed E-state index contributed by atoms with van der Waals surface area (Å²) in [6.07, 6.45) is 0.308. The third-order valence-corrected chi connectivity index (χ3v) is 5.53. The van der Waals surface area contributed by atoms with Gasteiger partial charge in [0.15, 0.2) is 0 Å². The second-order valence-electron chi connectivity index (χ2n) is 6.71. The minimum absolute atomic E-state index is 0.0223. The van der Waals surface area contributed by atoms with Gasteiger partial charge in [0.1, 0.15) is 0 Å². The van der Waals surface area contributed by atoms with Crippen molar-refractivity contribution in [3.05, 3.63) is 100 Å². The Labute approximate surface area is 173 Å². The molecule has 0 saturated heterocycles. The summed E-state index contributed by atoms with van der Waals surface area (Å²) in [6, 6.07) is 24.9. The number of benzene rings is 3. The van der Waals surface area contributed by atoms with Crippen LogP contribution in [0.1, 0.15) is 20.8 Å². The fraction of sp³-hybridized carbons (Fsp3) is 0.0833. The van der Waals surface area contributed by atoms with Crippen molar-refractivity contribution in [3.8, 4) is 0 Å². The number of anilines is 1. The first-order chi connectivity index (χ1) is 14.2. The molecule has 0 fully saturated rings. The first kappa shape index (κ1) is 18.9. The second kappa shape index (κ2) is 8.71. The zero-order chi connectivity index (χ0) is 20.1. The lowest BCUT2D eigenvalue weighted by molar-refractivity contribution is -0.120. The molecule has 0 bridgehead atoms. The van der Waals surface area contributed by atoms with Crippen molar-refractivity contribution >= 4 is 39.6 Å². The van der Waals surface area contributed by atoms with Gasteiger partial charge in [0, 0.05) is 16.1 Å². The highest BCUT2D eigenvalue weighted by Gasteiger charge is 2.10. The Bertz CT molecular complexity index is 1130. The van der Waals surface area contributed by atoms with Crippen molar-refractivity contribution in [1.82, 2.24) is 5.32 Å². The molecule has 0 aliphatic rings. The molecule has 3 aromatic carbocycles. The van der Waals surface area contributed by atoms with E-state index in [1.807, 2.05) is 84.2 Å². The second-order valence-corrected chi connectivity index (χ2v) is 7.74. The van der Waals surface area contributed by atoms with E-state index < -0.39 is 0 Å². The van der Waals surface area contributed by atoms with E-state index in [2.05, 4.69) is 10.6 Å². The van der Waals surface area contributed by atoms with Gasteiger partial charge in [-0.25, -0.2) is 0 Å². The molecule has 0 unspecified atom stereocenters. The van der Waals surface area contributed by atoms with Gasteiger partial charge in [-0.3, -0.25) is 9.59 Å². The Morgan fingerprint density at radius 3 is 2.41 bits per heavy atom. The summed E-state index contributed by atoms with van der Waals surface area (Å²) in [5, 5.41) is 9.80. The topological polar surface area (TPSA) is 58.2 Å². The van der Waals surface area contributed by atoms with E-state index in [0.717, 1.165) is 21.2 Å². The number of amides is 2. The van der Waals surface area contributed by atoms with Crippen LogP contribution in [0.5, 0.6) is 0 Å². The SMILES string of the molecule is O=C(Cc1ccc(NC(=O)c2cccc3ccccc23)cc1)NCc1cccs1. The van der Waals surface area contributed by atoms with E-state index in [9.17, 15) is 9.59 Å². The van der Waals surface area contributed by atoms with Crippen molar-refractivity contribution < 1.29 is 9.59 Å². The number of thiophene rings is 1. The largest absolute Gasteiger partial charge is 0.351 e. The molecule has 0 radical (unpaired) electrons. The summed E-state index contributed by atoms with van der Waals surface area (Å²) in [4.78, 5) is 25.9. The van der Waals surface area contributed by atoms with E-state index in [1.165, 1.54) is 0 Å². The van der Waals surface area contributed by atoms with Crippen LogP contribution in [0.25, 0.3) is 10.8 Å². The maximum Gasteiger partial charge on any atom is 0.256 e. The minimum Gasteiger partial charge on any atom is -0.351 e. The molecular formula is C24H20N2O2S. The van der Waals surface area contributed by atoms with E-state index in [0.29, 0.717) is 24.2 Å². The third kappa shape index (κ3) is 4.70. The summed E-state index contributed by atoms with van der Waals surface area (Å²) in [5.74, 6) is -0.172. The van der Waals surface area contributed by atoms with Crippen molar-refractivity contribution in [2.75, 3.05) is 5.32 Å². The van der Waals surface area contributed by atoms with Crippen LogP contribution in [-0.4, -0.2) is 11.8 Å². The standard InChI is InChI=1S/C24H20N2O2S/c27-23(25-16-20-7-4-14-29-20)15-17-10-12-19(13-11-17)26-24(28)22-9-3-6-18-5-1-2-8-21(18)22/h1-14H,15-16H2,(H,25,27)(H,26,28). The molecule has 0 saturated carbocycles. The normalized spacial score (nSPS) is 10.6. The highest BCUT2D eigenvalue weighted by Crippen LogP contribution is 2.20. The lowest BCUT2D eigenvalue weighted by atomic mass is 10.0. The molecule has 1 aromatic heterocycles. The van der Waals surface area contributed by atoms with Gasteiger partial charge < -0.3 is 10.6 Å². The van der Waals surface area contributed by atoms with Crippen LogP contribution in [-0.2, 0) is 17.8 Å². The average molecular weight is 401 g/mol. The summed E-state index contributed by atoms with van der Waals surface area (Å²) >= 11 is 1.62. The van der Waals surface area contributed by atoms with Gasteiger partial charge >= 0.3 is 0 Å². The molecular weight excluding hydrogens is 380 g/mol. The van der Waals surface area contributed by atoms with Crippen LogP contribution in [0.3, 0.4) is 0 Å². The van der Waals surface area contributed by atoms with Crippen LogP contribution < -0.4 is 10.6 Å². The number of hydrogen-bond acceptors (Lipinski definition) is 3. The van der Waals surface area contributed by atoms with Crippen molar-refractivity contribution in [3.63, 3.8) is 0 Å². The van der Waals surface area contributed by atoms with Crippen LogP contribution in [0.4, 0.5) is 5.69 Å². The molecule has 2 amide bonds. The number of fused-ring (bicyclic) bond motifs is 1. The van der Waals surface area contributed by atoms with E-state index in [4.69, 9.17) is 0 Å². The number of carbonyl (C=O) groups excluding carboxylic acids is 2. The predicted molar refractivity (Wildman–Crippen MR) is 118 cm³/mol. The van der Waals surface area contributed by atoms with Gasteiger partial charge in [-0.1, -0.05) is 54.6 Å². The van der Waals surface area contributed by atoms with Gasteiger partial charge in [-0.05, 0) is 46.0 Å². The fourth-order valence-corrected chi connectivity index (χ4v) is 3.82. The predicted octanol–water partition coefficient (Wildman–Crippen LogP) is 5.01. The molecule has 0 atom stereocenters. The Morgan fingerprint density at radius 2 is 1.62 bits per heavy atom. The first-order valence-corrected chi connectivity index (χ1v) is 10.2. The summed E-state index contributed by atoms with van der Waals surface area (Å²) in [6.45, 7) is 0.551. The first-order valence-electron chi connectivity index (χ1n) is 9.36. The lowest BCUT2D eigenvalue weighted by Gasteiger charge is -2.09. The molecule has 0 aliphatic carbocycles. The Kier molecular flexibility index (Phi) is 5.68. The molecule has 4 aromatic rings. The van der Waals surface area contributed by atoms with Gasteiger partial charge in [0.05, 0.1) is 13.0 Å². The van der Waals surface area contributed by atoms with Crippen LogP contribution in [0.15, 0.2) is 84.2 Å². The molecule has 5 heteroatoms. The zero-order valence-electron chi connectivity index (χ0n) is 15.7. The number of carbonyl (C=O) groups is 2. The number of rotatable bonds is 6. The number of nitrogens with one attached hydrogen (secondary N) is 2. The van der Waals surface area contributed by atoms with Gasteiger partial charge in [-0.15, -0.1) is 11.3 Å². The number of hydrogen-bond donors (Lipinski definition) is 2. The molecule has 29 heavy (non-hydrogen) atoms. The smallest absolute Gasteiger partial charge is 0.256 e. The van der Waals surface area contributed by atoms with Gasteiger partial charge in [0.2, 0.25) is 5.91 Å². The Hall–Kier alpha value is -3.44. The highest BCUT2D eigenvalue weighted by atomic mass is 32.1. The van der Waals surface area contributed by atoms with Crippen molar-refractivity contribution in [2.45, 2.75) is 13.0 Å². The fourth-order valence-electron chi connectivity index (χ4n) is 3.17. The minimum atomic E-state index is -0.150. The van der Waals surface area contributed by atoms with Crippen molar-refractivity contribution in [2.24, 2.45) is 0 Å². The molecule has 0 spiro atoms. The van der Waals surface area contributed by atoms with Crippen LogP contribution in [0.2, 0.25) is 0 Å². The van der Waals surface area contributed by atoms with Crippen LogP contribution >= 0.6 is 11.3 Å². The third-order valence-electron chi connectivity index (χ3n) is 4.65. The monoisotopic (exact) mass is 400 g/mol. The molecule has 4 rings (SSSR count). The van der Waals surface area contributed by atoms with Crippen LogP contribution in [0, 0.1) is 0 Å².